The van der Waals surface area contributed by atoms with Crippen molar-refractivity contribution in [3.05, 3.63) is 78.1 Å². The minimum Gasteiger partial charge on any atom is -0.264 e. The molecule has 1 aromatic heterocycles. The van der Waals surface area contributed by atoms with E-state index in [9.17, 15) is 0 Å². The molecule has 0 spiro atoms. The molecular weight excluding hydrogens is 254 g/mol. The molecule has 4 aromatic rings. The molecule has 0 bridgehead atoms. The zero-order valence-corrected chi connectivity index (χ0v) is 11.5. The Morgan fingerprint density at radius 3 is 2.62 bits per heavy atom. The normalized spacial score (nSPS) is 12.6. The summed E-state index contributed by atoms with van der Waals surface area (Å²) in [5.41, 5.74) is 5.55. The molecule has 3 aromatic carbocycles. The summed E-state index contributed by atoms with van der Waals surface area (Å²) in [6.45, 7) is 0. The summed E-state index contributed by atoms with van der Waals surface area (Å²) < 4.78 is 0. The van der Waals surface area contributed by atoms with E-state index in [-0.39, 0.29) is 0 Å². The lowest BCUT2D eigenvalue weighted by Gasteiger charge is -2.22. The van der Waals surface area contributed by atoms with Crippen molar-refractivity contribution in [3.63, 3.8) is 0 Å². The topological polar surface area (TPSA) is 12.9 Å². The van der Waals surface area contributed by atoms with E-state index in [4.69, 9.17) is 0 Å². The van der Waals surface area contributed by atoms with E-state index in [0.717, 1.165) is 6.42 Å². The molecule has 0 aliphatic heterocycles. The van der Waals surface area contributed by atoms with Crippen LogP contribution in [0.4, 0.5) is 0 Å². The summed E-state index contributed by atoms with van der Waals surface area (Å²) in [7, 11) is 0. The second-order valence-electron chi connectivity index (χ2n) is 5.69. The largest absolute Gasteiger partial charge is 0.264 e. The van der Waals surface area contributed by atoms with Gasteiger partial charge in [0.15, 0.2) is 0 Å². The van der Waals surface area contributed by atoms with Gasteiger partial charge in [0, 0.05) is 17.8 Å². The molecule has 0 atom stereocenters. The zero-order valence-electron chi connectivity index (χ0n) is 11.5. The molecule has 98 valence electrons. The number of benzene rings is 3. The van der Waals surface area contributed by atoms with Gasteiger partial charge >= 0.3 is 0 Å². The molecule has 0 saturated carbocycles. The van der Waals surface area contributed by atoms with Gasteiger partial charge in [-0.15, -0.1) is 0 Å². The van der Waals surface area contributed by atoms with Crippen molar-refractivity contribution in [2.24, 2.45) is 0 Å². The number of hydrogen-bond acceptors (Lipinski definition) is 1. The fraction of sp³-hybridized carbons (Fsp3) is 0.0500. The van der Waals surface area contributed by atoms with Gasteiger partial charge in [-0.3, -0.25) is 4.98 Å². The highest BCUT2D eigenvalue weighted by molar-refractivity contribution is 6.05. The molecule has 1 heteroatoms. The lowest BCUT2D eigenvalue weighted by Crippen LogP contribution is -2.02. The van der Waals surface area contributed by atoms with Gasteiger partial charge in [-0.1, -0.05) is 48.5 Å². The zero-order chi connectivity index (χ0) is 13.8. The van der Waals surface area contributed by atoms with E-state index < -0.39 is 0 Å². The van der Waals surface area contributed by atoms with E-state index >= 15 is 0 Å². The molecule has 0 fully saturated rings. The minimum atomic E-state index is 0.993. The van der Waals surface area contributed by atoms with Gasteiger partial charge in [-0.2, -0.15) is 0 Å². The Bertz CT molecular complexity index is 1010. The first-order valence-electron chi connectivity index (χ1n) is 7.28. The van der Waals surface area contributed by atoms with Crippen molar-refractivity contribution in [3.8, 4) is 11.1 Å². The van der Waals surface area contributed by atoms with Crippen molar-refractivity contribution in [2.45, 2.75) is 6.42 Å². The van der Waals surface area contributed by atoms with Gasteiger partial charge in [-0.25, -0.2) is 0 Å². The van der Waals surface area contributed by atoms with Crippen LogP contribution in [0.5, 0.6) is 0 Å². The minimum absolute atomic E-state index is 0.993. The monoisotopic (exact) mass is 267 g/mol. The number of rotatable bonds is 0. The van der Waals surface area contributed by atoms with Crippen LogP contribution in [0.2, 0.25) is 0 Å². The maximum absolute atomic E-state index is 4.33. The second-order valence-corrected chi connectivity index (χ2v) is 5.69. The fourth-order valence-corrected chi connectivity index (χ4v) is 3.65. The van der Waals surface area contributed by atoms with Gasteiger partial charge in [0.25, 0.3) is 0 Å². The highest BCUT2D eigenvalue weighted by atomic mass is 14.6. The molecule has 0 amide bonds. The predicted molar refractivity (Wildman–Crippen MR) is 87.5 cm³/mol. The molecule has 0 N–H and O–H groups in total. The molecule has 21 heavy (non-hydrogen) atoms. The van der Waals surface area contributed by atoms with Crippen LogP contribution in [0.25, 0.3) is 32.7 Å². The first kappa shape index (κ1) is 11.0. The Kier molecular flexibility index (Phi) is 2.06. The van der Waals surface area contributed by atoms with Gasteiger partial charge in [0.1, 0.15) is 0 Å². The quantitative estimate of drug-likeness (QED) is 0.386. The standard InChI is InChI=1S/C20H13N/c1-3-14-4-2-6-17-16-8-7-13-9-10-21-12-19(13)18(16)11-15(5-1)20(14)17/h1-10,12H,11H2. The van der Waals surface area contributed by atoms with Crippen molar-refractivity contribution in [1.82, 2.24) is 4.98 Å². The molecular formula is C20H13N. The summed E-state index contributed by atoms with van der Waals surface area (Å²) in [5, 5.41) is 5.30. The lowest BCUT2D eigenvalue weighted by atomic mass is 9.82. The predicted octanol–water partition coefficient (Wildman–Crippen LogP) is 4.96. The van der Waals surface area contributed by atoms with Crippen LogP contribution in [0, 0.1) is 0 Å². The molecule has 5 rings (SSSR count). The lowest BCUT2D eigenvalue weighted by molar-refractivity contribution is 1.21. The van der Waals surface area contributed by atoms with Crippen LogP contribution in [0.1, 0.15) is 11.1 Å². The Morgan fingerprint density at radius 2 is 1.67 bits per heavy atom. The average molecular weight is 267 g/mol. The third-order valence-corrected chi connectivity index (χ3v) is 4.58. The van der Waals surface area contributed by atoms with Crippen LogP contribution >= 0.6 is 0 Å². The summed E-state index contributed by atoms with van der Waals surface area (Å²) in [6.07, 6.45) is 4.86. The van der Waals surface area contributed by atoms with Crippen molar-refractivity contribution >= 4 is 21.5 Å². The maximum Gasteiger partial charge on any atom is 0.0349 e. The van der Waals surface area contributed by atoms with Gasteiger partial charge in [-0.05, 0) is 50.9 Å². The summed E-state index contributed by atoms with van der Waals surface area (Å²) in [5.74, 6) is 0. The van der Waals surface area contributed by atoms with Crippen molar-refractivity contribution < 1.29 is 0 Å². The molecule has 1 aliphatic carbocycles. The van der Waals surface area contributed by atoms with E-state index in [1.165, 1.54) is 43.8 Å². The number of pyridine rings is 1. The van der Waals surface area contributed by atoms with Gasteiger partial charge in [0.05, 0.1) is 0 Å². The molecule has 1 nitrogen and oxygen atoms in total. The molecule has 0 saturated heterocycles. The SMILES string of the molecule is c1cc2c3c(cccc3c1)-c1ccc3ccncc3c1C2. The number of nitrogens with zero attached hydrogens (tertiary/aromatic N) is 1. The van der Waals surface area contributed by atoms with Crippen LogP contribution in [-0.2, 0) is 6.42 Å². The maximum atomic E-state index is 4.33. The van der Waals surface area contributed by atoms with E-state index in [0.29, 0.717) is 0 Å². The highest BCUT2D eigenvalue weighted by Crippen LogP contribution is 2.41. The highest BCUT2D eigenvalue weighted by Gasteiger charge is 2.19. The molecule has 1 heterocycles. The summed E-state index contributed by atoms with van der Waals surface area (Å²) >= 11 is 0. The smallest absolute Gasteiger partial charge is 0.0349 e. The molecule has 1 aliphatic rings. The number of hydrogen-bond donors (Lipinski definition) is 0. The van der Waals surface area contributed by atoms with Crippen molar-refractivity contribution in [1.29, 1.82) is 0 Å². The second kappa shape index (κ2) is 3.92. The van der Waals surface area contributed by atoms with Crippen LogP contribution in [0.3, 0.4) is 0 Å². The average Bonchev–Trinajstić information content (AvgIpc) is 2.55. The van der Waals surface area contributed by atoms with E-state index in [1.54, 1.807) is 0 Å². The van der Waals surface area contributed by atoms with Crippen molar-refractivity contribution in [2.75, 3.05) is 0 Å². The fourth-order valence-electron chi connectivity index (χ4n) is 3.65. The summed E-state index contributed by atoms with van der Waals surface area (Å²) in [4.78, 5) is 4.33. The third-order valence-electron chi connectivity index (χ3n) is 4.58. The van der Waals surface area contributed by atoms with E-state index in [2.05, 4.69) is 59.6 Å². The number of aromatic nitrogens is 1. The Hall–Kier alpha value is -2.67. The Labute approximate surface area is 122 Å². The Balaban J connectivity index is 1.98. The van der Waals surface area contributed by atoms with Crippen LogP contribution < -0.4 is 0 Å². The molecule has 0 unspecified atom stereocenters. The van der Waals surface area contributed by atoms with Crippen LogP contribution in [0.15, 0.2) is 67.0 Å². The first-order chi connectivity index (χ1) is 10.4. The van der Waals surface area contributed by atoms with E-state index in [1.807, 2.05) is 12.4 Å². The molecule has 0 radical (unpaired) electrons. The van der Waals surface area contributed by atoms with Crippen LogP contribution in [-0.4, -0.2) is 4.98 Å². The summed E-state index contributed by atoms with van der Waals surface area (Å²) in [6, 6.07) is 19.8. The number of fused-ring (bicyclic) bond motifs is 4. The Morgan fingerprint density at radius 1 is 0.762 bits per heavy atom. The van der Waals surface area contributed by atoms with Gasteiger partial charge < -0.3 is 0 Å². The third kappa shape index (κ3) is 1.43. The van der Waals surface area contributed by atoms with Gasteiger partial charge in [0.2, 0.25) is 0 Å². The first-order valence-corrected chi connectivity index (χ1v) is 7.28.